The lowest BCUT2D eigenvalue weighted by molar-refractivity contribution is -0.139. The lowest BCUT2D eigenvalue weighted by atomic mass is 10.1. The van der Waals surface area contributed by atoms with Crippen LogP contribution < -0.4 is 0 Å². The summed E-state index contributed by atoms with van der Waals surface area (Å²) in [5.41, 5.74) is 1.57. The largest absolute Gasteiger partial charge is 0.481 e. The van der Waals surface area contributed by atoms with Gasteiger partial charge in [-0.25, -0.2) is 0 Å². The second kappa shape index (κ2) is 7.82. The average molecular weight is 334 g/mol. The smallest absolute Gasteiger partial charge is 0.305 e. The molecule has 1 N–H and O–H groups in total. The summed E-state index contributed by atoms with van der Waals surface area (Å²) in [6.45, 7) is 0.0333. The van der Waals surface area contributed by atoms with Crippen LogP contribution in [-0.4, -0.2) is 58.6 Å². The fourth-order valence-electron chi connectivity index (χ4n) is 2.12. The van der Waals surface area contributed by atoms with Crippen molar-refractivity contribution >= 4 is 35.2 Å². The number of carboxylic acid groups (broad SMARTS) is 1. The van der Waals surface area contributed by atoms with Crippen molar-refractivity contribution in [3.8, 4) is 0 Å². The molecule has 0 bridgehead atoms. The zero-order valence-corrected chi connectivity index (χ0v) is 13.6. The molecule has 1 aromatic carbocycles. The Morgan fingerprint density at radius 1 is 1.30 bits per heavy atom. The first-order valence-corrected chi connectivity index (χ1v) is 8.17. The Bertz CT molecular complexity index is 630. The number of carbonyl (C=O) groups is 3. The van der Waals surface area contributed by atoms with E-state index >= 15 is 0 Å². The molecular weight excluding hydrogens is 316 g/mol. The molecule has 122 valence electrons. The van der Waals surface area contributed by atoms with Gasteiger partial charge in [-0.3, -0.25) is 14.4 Å². The summed E-state index contributed by atoms with van der Waals surface area (Å²) < 4.78 is 0. The van der Waals surface area contributed by atoms with E-state index in [-0.39, 0.29) is 31.3 Å². The van der Waals surface area contributed by atoms with Gasteiger partial charge in [-0.15, -0.1) is 11.8 Å². The summed E-state index contributed by atoms with van der Waals surface area (Å²) in [4.78, 5) is 37.8. The van der Waals surface area contributed by atoms with Gasteiger partial charge in [-0.2, -0.15) is 0 Å². The molecule has 0 saturated heterocycles. The third-order valence-electron chi connectivity index (χ3n) is 3.44. The van der Waals surface area contributed by atoms with Crippen molar-refractivity contribution in [2.75, 3.05) is 25.9 Å². The number of carboxylic acids is 1. The summed E-state index contributed by atoms with van der Waals surface area (Å²) in [5.74, 6) is -1.08. The number of rotatable bonds is 6. The van der Waals surface area contributed by atoms with Crippen LogP contribution in [0.3, 0.4) is 0 Å². The van der Waals surface area contributed by atoms with Crippen LogP contribution in [0.25, 0.3) is 5.70 Å². The fourth-order valence-corrected chi connectivity index (χ4v) is 2.92. The number of carbonyl (C=O) groups excluding carboxylic acids is 2. The Labute approximate surface area is 138 Å². The number of thioether (sulfide) groups is 1. The van der Waals surface area contributed by atoms with Crippen LogP contribution in [0, 0.1) is 0 Å². The molecule has 0 fully saturated rings. The van der Waals surface area contributed by atoms with E-state index in [4.69, 9.17) is 5.11 Å². The van der Waals surface area contributed by atoms with Gasteiger partial charge in [-0.05, 0) is 11.0 Å². The van der Waals surface area contributed by atoms with Crippen LogP contribution >= 0.6 is 11.8 Å². The van der Waals surface area contributed by atoms with Gasteiger partial charge in [0, 0.05) is 13.6 Å². The van der Waals surface area contributed by atoms with Crippen LogP contribution in [0.2, 0.25) is 0 Å². The molecule has 0 radical (unpaired) electrons. The maximum Gasteiger partial charge on any atom is 0.305 e. The maximum absolute atomic E-state index is 12.3. The Morgan fingerprint density at radius 2 is 2.00 bits per heavy atom. The van der Waals surface area contributed by atoms with E-state index in [1.165, 1.54) is 21.6 Å². The van der Waals surface area contributed by atoms with E-state index in [0.29, 0.717) is 11.4 Å². The molecule has 0 spiro atoms. The van der Waals surface area contributed by atoms with Crippen molar-refractivity contribution in [2.45, 2.75) is 6.42 Å². The topological polar surface area (TPSA) is 77.9 Å². The van der Waals surface area contributed by atoms with Gasteiger partial charge in [0.15, 0.2) is 0 Å². The first-order chi connectivity index (χ1) is 11.0. The highest BCUT2D eigenvalue weighted by atomic mass is 32.2. The molecule has 0 unspecified atom stereocenters. The van der Waals surface area contributed by atoms with Crippen molar-refractivity contribution in [1.82, 2.24) is 9.80 Å². The third-order valence-corrected chi connectivity index (χ3v) is 4.25. The number of nitrogens with zero attached hydrogens (tertiary/aromatic N) is 2. The van der Waals surface area contributed by atoms with E-state index in [0.717, 1.165) is 5.56 Å². The zero-order chi connectivity index (χ0) is 16.8. The lowest BCUT2D eigenvalue weighted by Crippen LogP contribution is -2.42. The molecule has 23 heavy (non-hydrogen) atoms. The van der Waals surface area contributed by atoms with E-state index in [2.05, 4.69) is 0 Å². The van der Waals surface area contributed by atoms with Crippen LogP contribution in [0.1, 0.15) is 12.0 Å². The normalized spacial score (nSPS) is 14.4. The second-order valence-corrected chi connectivity index (χ2v) is 5.98. The minimum atomic E-state index is -0.958. The molecule has 6 nitrogen and oxygen atoms in total. The molecule has 1 aliphatic rings. The first kappa shape index (κ1) is 17.1. The average Bonchev–Trinajstić information content (AvgIpc) is 2.55. The molecule has 0 aliphatic carbocycles. The Kier molecular flexibility index (Phi) is 5.81. The molecule has 1 aliphatic heterocycles. The number of benzene rings is 1. The Morgan fingerprint density at radius 3 is 2.65 bits per heavy atom. The molecule has 2 rings (SSSR count). The van der Waals surface area contributed by atoms with Crippen molar-refractivity contribution in [3.05, 3.63) is 41.3 Å². The van der Waals surface area contributed by atoms with E-state index < -0.39 is 5.97 Å². The van der Waals surface area contributed by atoms with E-state index in [1.54, 1.807) is 7.05 Å². The van der Waals surface area contributed by atoms with Gasteiger partial charge in [0.05, 0.1) is 17.9 Å². The molecule has 1 aromatic rings. The highest BCUT2D eigenvalue weighted by molar-refractivity contribution is 8.03. The molecule has 0 aromatic heterocycles. The van der Waals surface area contributed by atoms with Crippen LogP contribution in [-0.2, 0) is 14.4 Å². The van der Waals surface area contributed by atoms with Crippen molar-refractivity contribution in [1.29, 1.82) is 0 Å². The van der Waals surface area contributed by atoms with Gasteiger partial charge in [-0.1, -0.05) is 30.3 Å². The summed E-state index contributed by atoms with van der Waals surface area (Å²) in [5, 5.41) is 10.6. The second-order valence-electron chi connectivity index (χ2n) is 5.12. The summed E-state index contributed by atoms with van der Waals surface area (Å²) in [6, 6.07) is 9.40. The minimum Gasteiger partial charge on any atom is -0.481 e. The standard InChI is InChI=1S/C16H18N2O4S/c1-17(8-7-16(21)22)14(19)9-18-13(10-23-11-15(18)20)12-5-3-2-4-6-12/h2-6,10H,7-9,11H2,1H3,(H,21,22). The minimum absolute atomic E-state index is 0.0871. The first-order valence-electron chi connectivity index (χ1n) is 7.12. The van der Waals surface area contributed by atoms with Gasteiger partial charge >= 0.3 is 5.97 Å². The molecule has 0 saturated carbocycles. The van der Waals surface area contributed by atoms with Crippen molar-refractivity contribution in [3.63, 3.8) is 0 Å². The van der Waals surface area contributed by atoms with Crippen molar-refractivity contribution in [2.24, 2.45) is 0 Å². The SMILES string of the molecule is CN(CCC(=O)O)C(=O)CN1C(=O)CSC=C1c1ccccc1. The lowest BCUT2D eigenvalue weighted by Gasteiger charge is -2.29. The highest BCUT2D eigenvalue weighted by Crippen LogP contribution is 2.27. The van der Waals surface area contributed by atoms with Gasteiger partial charge in [0.1, 0.15) is 6.54 Å². The monoisotopic (exact) mass is 334 g/mol. The Hall–Kier alpha value is -2.28. The fraction of sp³-hybridized carbons (Fsp3) is 0.312. The van der Waals surface area contributed by atoms with Gasteiger partial charge < -0.3 is 14.9 Å². The predicted octanol–water partition coefficient (Wildman–Crippen LogP) is 1.49. The van der Waals surface area contributed by atoms with Gasteiger partial charge in [0.2, 0.25) is 11.8 Å². The van der Waals surface area contributed by atoms with Crippen LogP contribution in [0.5, 0.6) is 0 Å². The molecule has 0 atom stereocenters. The zero-order valence-electron chi connectivity index (χ0n) is 12.8. The summed E-state index contributed by atoms with van der Waals surface area (Å²) >= 11 is 1.40. The number of aliphatic carboxylic acids is 1. The number of hydrogen-bond donors (Lipinski definition) is 1. The summed E-state index contributed by atoms with van der Waals surface area (Å²) in [7, 11) is 1.54. The highest BCUT2D eigenvalue weighted by Gasteiger charge is 2.26. The molecule has 2 amide bonds. The molecular formula is C16H18N2O4S. The number of likely N-dealkylation sites (N-methyl/N-ethyl adjacent to an activating group) is 1. The van der Waals surface area contributed by atoms with E-state index in [9.17, 15) is 14.4 Å². The molecule has 7 heteroatoms. The quantitative estimate of drug-likeness (QED) is 0.853. The van der Waals surface area contributed by atoms with Crippen molar-refractivity contribution < 1.29 is 19.5 Å². The number of amides is 2. The predicted molar refractivity (Wildman–Crippen MR) is 88.5 cm³/mol. The Balaban J connectivity index is 2.10. The maximum atomic E-state index is 12.3. The van der Waals surface area contributed by atoms with Gasteiger partial charge in [0.25, 0.3) is 0 Å². The van der Waals surface area contributed by atoms with Crippen LogP contribution in [0.4, 0.5) is 0 Å². The van der Waals surface area contributed by atoms with E-state index in [1.807, 2.05) is 35.7 Å². The third kappa shape index (κ3) is 4.59. The molecule has 1 heterocycles. The number of hydrogen-bond acceptors (Lipinski definition) is 4. The summed E-state index contributed by atoms with van der Waals surface area (Å²) in [6.07, 6.45) is -0.118. The van der Waals surface area contributed by atoms with Crippen LogP contribution in [0.15, 0.2) is 35.7 Å².